The molecular weight excluding hydrogens is 264 g/mol. The van der Waals surface area contributed by atoms with Crippen molar-refractivity contribution in [3.05, 3.63) is 0 Å². The Morgan fingerprint density at radius 1 is 1.24 bits per heavy atom. The van der Waals surface area contributed by atoms with Crippen LogP contribution in [0.5, 0.6) is 0 Å². The summed E-state index contributed by atoms with van der Waals surface area (Å²) in [5, 5.41) is 35.3. The lowest BCUT2D eigenvalue weighted by Crippen LogP contribution is -2.50. The molecule has 0 aromatic heterocycles. The van der Waals surface area contributed by atoms with Crippen molar-refractivity contribution in [2.75, 3.05) is 0 Å². The Morgan fingerprint density at radius 2 is 1.71 bits per heavy atom. The van der Waals surface area contributed by atoms with Gasteiger partial charge in [-0.25, -0.2) is 8.98 Å². The molecular formula is C6H10O10S. The zero-order valence-electron chi connectivity index (χ0n) is 8.07. The molecule has 10 nitrogen and oxygen atoms in total. The molecule has 0 saturated heterocycles. The predicted molar refractivity (Wildman–Crippen MR) is 48.1 cm³/mol. The zero-order chi connectivity index (χ0) is 13.8. The summed E-state index contributed by atoms with van der Waals surface area (Å²) >= 11 is 0. The van der Waals surface area contributed by atoms with Crippen molar-refractivity contribution in [2.24, 2.45) is 0 Å². The van der Waals surface area contributed by atoms with E-state index in [0.717, 1.165) is 0 Å². The van der Waals surface area contributed by atoms with Crippen molar-refractivity contribution in [1.29, 1.82) is 0 Å². The maximum absolute atomic E-state index is 10.4. The molecule has 0 spiro atoms. The van der Waals surface area contributed by atoms with Crippen molar-refractivity contribution >= 4 is 22.7 Å². The predicted octanol–water partition coefficient (Wildman–Crippen LogP) is -3.46. The highest BCUT2D eigenvalue weighted by Gasteiger charge is 2.39. The highest BCUT2D eigenvalue weighted by molar-refractivity contribution is 7.80. The summed E-state index contributed by atoms with van der Waals surface area (Å²) in [5.74, 6) is -1.99. The molecule has 0 aromatic carbocycles. The molecule has 11 heteroatoms. The highest BCUT2D eigenvalue weighted by atomic mass is 32.3. The first-order valence-corrected chi connectivity index (χ1v) is 5.34. The maximum Gasteiger partial charge on any atom is 0.397 e. The van der Waals surface area contributed by atoms with Gasteiger partial charge in [0.25, 0.3) is 0 Å². The number of carboxylic acids is 1. The number of hydrogen-bond acceptors (Lipinski definition) is 8. The fraction of sp³-hybridized carbons (Fsp3) is 0.667. The molecule has 0 aromatic rings. The van der Waals surface area contributed by atoms with Crippen LogP contribution in [0.4, 0.5) is 0 Å². The van der Waals surface area contributed by atoms with E-state index in [9.17, 15) is 18.0 Å². The largest absolute Gasteiger partial charge is 0.479 e. The fourth-order valence-electron chi connectivity index (χ4n) is 0.852. The van der Waals surface area contributed by atoms with E-state index in [0.29, 0.717) is 0 Å². The highest BCUT2D eigenvalue weighted by Crippen LogP contribution is 2.11. The first-order valence-electron chi connectivity index (χ1n) is 3.98. The number of rotatable bonds is 7. The van der Waals surface area contributed by atoms with Crippen LogP contribution in [0.15, 0.2) is 0 Å². The van der Waals surface area contributed by atoms with Gasteiger partial charge in [0.2, 0.25) is 0 Å². The molecule has 0 aliphatic rings. The van der Waals surface area contributed by atoms with Crippen molar-refractivity contribution in [3.63, 3.8) is 0 Å². The third-order valence-corrected chi connectivity index (χ3v) is 2.09. The van der Waals surface area contributed by atoms with Gasteiger partial charge < -0.3 is 25.2 Å². The van der Waals surface area contributed by atoms with Crippen LogP contribution < -0.4 is 0 Å². The summed E-state index contributed by atoms with van der Waals surface area (Å²) in [4.78, 5) is 20.5. The van der Waals surface area contributed by atoms with Gasteiger partial charge in [0.15, 0.2) is 12.4 Å². The van der Waals surface area contributed by atoms with E-state index in [1.54, 1.807) is 0 Å². The molecule has 0 saturated carbocycles. The van der Waals surface area contributed by atoms with E-state index < -0.39 is 40.8 Å². The van der Waals surface area contributed by atoms with Crippen LogP contribution in [-0.4, -0.2) is 70.1 Å². The second-order valence-corrected chi connectivity index (χ2v) is 3.94. The summed E-state index contributed by atoms with van der Waals surface area (Å²) in [6.45, 7) is 0. The molecule has 17 heavy (non-hydrogen) atoms. The minimum Gasteiger partial charge on any atom is -0.479 e. The summed E-state index contributed by atoms with van der Waals surface area (Å²) in [7, 11) is -5.20. The standard InChI is InChI=1S/C6H10O10S/c7-1-2(8)3(9)5(4(10)6(11)12)16-17(13,14)15/h1-5,8-10H,(H,11,12)(H,13,14,15)/t2-,3+,4+,5-/m0/s1. The lowest BCUT2D eigenvalue weighted by molar-refractivity contribution is -0.161. The number of hydrogen-bond donors (Lipinski definition) is 5. The Labute approximate surface area is 95.0 Å². The van der Waals surface area contributed by atoms with Gasteiger partial charge in [0.1, 0.15) is 18.3 Å². The average molecular weight is 274 g/mol. The molecule has 100 valence electrons. The van der Waals surface area contributed by atoms with Gasteiger partial charge in [-0.15, -0.1) is 0 Å². The lowest BCUT2D eigenvalue weighted by Gasteiger charge is -2.24. The SMILES string of the molecule is O=C[C@H](O)[C@@H](O)[C@H](OS(=O)(=O)O)[C@@H](O)C(=O)O. The van der Waals surface area contributed by atoms with Crippen LogP contribution in [0.2, 0.25) is 0 Å². The number of carboxylic acid groups (broad SMARTS) is 1. The van der Waals surface area contributed by atoms with Crippen molar-refractivity contribution in [1.82, 2.24) is 0 Å². The van der Waals surface area contributed by atoms with Gasteiger partial charge in [0, 0.05) is 0 Å². The smallest absolute Gasteiger partial charge is 0.397 e. The van der Waals surface area contributed by atoms with Crippen LogP contribution in [0.25, 0.3) is 0 Å². The van der Waals surface area contributed by atoms with E-state index in [4.69, 9.17) is 25.0 Å². The summed E-state index contributed by atoms with van der Waals surface area (Å²) < 4.78 is 32.6. The summed E-state index contributed by atoms with van der Waals surface area (Å²) in [5.41, 5.74) is 0. The molecule has 0 amide bonds. The van der Waals surface area contributed by atoms with E-state index in [1.807, 2.05) is 0 Å². The van der Waals surface area contributed by atoms with Crippen molar-refractivity contribution < 1.29 is 47.2 Å². The van der Waals surface area contributed by atoms with Crippen LogP contribution in [0.3, 0.4) is 0 Å². The molecule has 0 bridgehead atoms. The fourth-order valence-corrected chi connectivity index (χ4v) is 1.35. The lowest BCUT2D eigenvalue weighted by atomic mass is 10.0. The number of aldehydes is 1. The topological polar surface area (TPSA) is 179 Å². The molecule has 0 fully saturated rings. The molecule has 4 atom stereocenters. The number of aliphatic hydroxyl groups is 3. The molecule has 0 unspecified atom stereocenters. The molecule has 0 aliphatic carbocycles. The minimum atomic E-state index is -5.20. The Morgan fingerprint density at radius 3 is 2.00 bits per heavy atom. The van der Waals surface area contributed by atoms with Gasteiger partial charge in [-0.05, 0) is 0 Å². The van der Waals surface area contributed by atoms with E-state index >= 15 is 0 Å². The molecule has 0 radical (unpaired) electrons. The molecule has 0 rings (SSSR count). The monoisotopic (exact) mass is 274 g/mol. The Hall–Kier alpha value is -1.11. The minimum absolute atomic E-state index is 0.237. The quantitative estimate of drug-likeness (QED) is 0.231. The Kier molecular flexibility index (Phi) is 5.60. The van der Waals surface area contributed by atoms with Crippen molar-refractivity contribution in [2.45, 2.75) is 24.4 Å². The number of aliphatic hydroxyl groups excluding tert-OH is 3. The van der Waals surface area contributed by atoms with Gasteiger partial charge in [-0.1, -0.05) is 0 Å². The van der Waals surface area contributed by atoms with Crippen LogP contribution >= 0.6 is 0 Å². The van der Waals surface area contributed by atoms with E-state index in [2.05, 4.69) is 4.18 Å². The zero-order valence-corrected chi connectivity index (χ0v) is 8.89. The molecule has 0 aliphatic heterocycles. The second-order valence-electron chi connectivity index (χ2n) is 2.89. The summed E-state index contributed by atoms with van der Waals surface area (Å²) in [6, 6.07) is 0. The maximum atomic E-state index is 10.4. The third kappa shape index (κ3) is 5.16. The van der Waals surface area contributed by atoms with Crippen LogP contribution in [-0.2, 0) is 24.2 Å². The van der Waals surface area contributed by atoms with Gasteiger partial charge >= 0.3 is 16.4 Å². The first kappa shape index (κ1) is 15.9. The van der Waals surface area contributed by atoms with Gasteiger partial charge in [-0.3, -0.25) is 4.55 Å². The van der Waals surface area contributed by atoms with E-state index in [-0.39, 0.29) is 6.29 Å². The van der Waals surface area contributed by atoms with E-state index in [1.165, 1.54) is 0 Å². The van der Waals surface area contributed by atoms with Gasteiger partial charge in [0.05, 0.1) is 0 Å². The Balaban J connectivity index is 5.10. The third-order valence-electron chi connectivity index (χ3n) is 1.62. The van der Waals surface area contributed by atoms with Crippen LogP contribution in [0, 0.1) is 0 Å². The number of carbonyl (C=O) groups is 2. The van der Waals surface area contributed by atoms with Crippen molar-refractivity contribution in [3.8, 4) is 0 Å². The molecule has 5 N–H and O–H groups in total. The first-order chi connectivity index (χ1) is 7.60. The summed E-state index contributed by atoms with van der Waals surface area (Å²) in [6.07, 6.45) is -9.82. The molecule has 0 heterocycles. The number of aliphatic carboxylic acids is 1. The Bertz CT molecular complexity index is 374. The van der Waals surface area contributed by atoms with Crippen LogP contribution in [0.1, 0.15) is 0 Å². The second kappa shape index (κ2) is 6.00. The van der Waals surface area contributed by atoms with Gasteiger partial charge in [-0.2, -0.15) is 8.42 Å². The average Bonchev–Trinajstić information content (AvgIpc) is 2.21. The normalized spacial score (nSPS) is 19.1. The number of carbonyl (C=O) groups excluding carboxylic acids is 1.